The second-order valence-electron chi connectivity index (χ2n) is 4.91. The molecule has 2 rings (SSSR count). The Morgan fingerprint density at radius 2 is 2.08 bits per heavy atom. The molecule has 76 valence electrons. The van der Waals surface area contributed by atoms with Crippen molar-refractivity contribution in [1.82, 2.24) is 5.32 Å². The predicted octanol–water partition coefficient (Wildman–Crippen LogP) is 1.68. The summed E-state index contributed by atoms with van der Waals surface area (Å²) in [5.74, 6) is 0. The van der Waals surface area contributed by atoms with Gasteiger partial charge < -0.3 is 10.4 Å². The molecule has 0 aliphatic heterocycles. The number of hydrogen-bond donors (Lipinski definition) is 2. The van der Waals surface area contributed by atoms with Gasteiger partial charge in [0.2, 0.25) is 0 Å². The summed E-state index contributed by atoms with van der Waals surface area (Å²) < 4.78 is 0. The number of aliphatic hydroxyl groups excluding tert-OH is 1. The number of hydrogen-bond acceptors (Lipinski definition) is 2. The van der Waals surface area contributed by atoms with Crippen molar-refractivity contribution in [3.63, 3.8) is 0 Å². The largest absolute Gasteiger partial charge is 0.395 e. The van der Waals surface area contributed by atoms with Crippen molar-refractivity contribution < 1.29 is 5.11 Å². The zero-order valence-electron chi connectivity index (χ0n) is 8.55. The summed E-state index contributed by atoms with van der Waals surface area (Å²) in [4.78, 5) is 0. The zero-order chi connectivity index (χ0) is 9.31. The highest BCUT2D eigenvalue weighted by Gasteiger charge is 2.46. The van der Waals surface area contributed by atoms with Gasteiger partial charge in [0, 0.05) is 12.1 Å². The molecule has 2 atom stereocenters. The summed E-state index contributed by atoms with van der Waals surface area (Å²) in [6.45, 7) is 2.34. The van der Waals surface area contributed by atoms with Crippen molar-refractivity contribution in [1.29, 1.82) is 0 Å². The third-order valence-corrected chi connectivity index (χ3v) is 4.02. The lowest BCUT2D eigenvalue weighted by molar-refractivity contribution is 0.0885. The molecule has 2 fully saturated rings. The number of aliphatic hydroxyl groups is 1. The van der Waals surface area contributed by atoms with E-state index < -0.39 is 0 Å². The molecule has 2 N–H and O–H groups in total. The number of rotatable bonds is 3. The summed E-state index contributed by atoms with van der Waals surface area (Å²) in [6, 6.07) is 0.976. The molecule has 1 spiro atoms. The van der Waals surface area contributed by atoms with E-state index in [1.807, 2.05) is 0 Å². The highest BCUT2D eigenvalue weighted by molar-refractivity contribution is 5.01. The molecule has 0 aromatic rings. The molecule has 0 saturated heterocycles. The molecule has 2 heteroatoms. The van der Waals surface area contributed by atoms with Crippen LogP contribution in [-0.2, 0) is 0 Å². The lowest BCUT2D eigenvalue weighted by atomic mass is 9.65. The minimum Gasteiger partial charge on any atom is -0.395 e. The monoisotopic (exact) mass is 183 g/mol. The van der Waals surface area contributed by atoms with Gasteiger partial charge in [0.15, 0.2) is 0 Å². The van der Waals surface area contributed by atoms with Crippen LogP contribution in [0.2, 0.25) is 0 Å². The molecule has 13 heavy (non-hydrogen) atoms. The van der Waals surface area contributed by atoms with Crippen LogP contribution in [0.5, 0.6) is 0 Å². The van der Waals surface area contributed by atoms with E-state index in [1.165, 1.54) is 38.5 Å². The molecule has 0 amide bonds. The maximum Gasteiger partial charge on any atom is 0.0582 e. The number of nitrogens with one attached hydrogen (secondary N) is 1. The van der Waals surface area contributed by atoms with Gasteiger partial charge >= 0.3 is 0 Å². The molecule has 0 aromatic carbocycles. The molecular weight excluding hydrogens is 162 g/mol. The first kappa shape index (κ1) is 9.47. The highest BCUT2D eigenvalue weighted by atomic mass is 16.3. The van der Waals surface area contributed by atoms with Crippen LogP contribution in [-0.4, -0.2) is 23.8 Å². The first-order valence-corrected chi connectivity index (χ1v) is 5.64. The summed E-state index contributed by atoms with van der Waals surface area (Å²) in [7, 11) is 0. The van der Waals surface area contributed by atoms with Crippen LogP contribution in [0.3, 0.4) is 0 Å². The fourth-order valence-electron chi connectivity index (χ4n) is 3.02. The lowest BCUT2D eigenvalue weighted by Gasteiger charge is -2.44. The quantitative estimate of drug-likeness (QED) is 0.697. The second kappa shape index (κ2) is 3.58. The fraction of sp³-hybridized carbons (Fsp3) is 1.00. The van der Waals surface area contributed by atoms with E-state index in [0.717, 1.165) is 0 Å². The molecule has 0 heterocycles. The molecule has 2 unspecified atom stereocenters. The molecule has 2 aliphatic rings. The van der Waals surface area contributed by atoms with Crippen molar-refractivity contribution in [2.45, 2.75) is 57.5 Å². The van der Waals surface area contributed by atoms with Crippen LogP contribution in [0.15, 0.2) is 0 Å². The summed E-state index contributed by atoms with van der Waals surface area (Å²) in [6.07, 6.45) is 8.39. The van der Waals surface area contributed by atoms with E-state index in [4.69, 9.17) is 5.11 Å². The Labute approximate surface area is 80.7 Å². The first-order valence-electron chi connectivity index (χ1n) is 5.64. The van der Waals surface area contributed by atoms with Gasteiger partial charge in [-0.15, -0.1) is 0 Å². The van der Waals surface area contributed by atoms with Gasteiger partial charge in [-0.25, -0.2) is 0 Å². The topological polar surface area (TPSA) is 32.3 Å². The van der Waals surface area contributed by atoms with Crippen LogP contribution in [0.1, 0.15) is 45.4 Å². The Morgan fingerprint density at radius 3 is 2.62 bits per heavy atom. The standard InChI is InChI=1S/C11H21NO/c1-9(8-13)12-10-4-2-5-11(10)6-3-7-11/h9-10,12-13H,2-8H2,1H3. The third-order valence-electron chi connectivity index (χ3n) is 4.02. The Bertz CT molecular complexity index is 177. The molecular formula is C11H21NO. The molecule has 2 aliphatic carbocycles. The van der Waals surface area contributed by atoms with Gasteiger partial charge in [-0.1, -0.05) is 12.8 Å². The van der Waals surface area contributed by atoms with Crippen molar-refractivity contribution >= 4 is 0 Å². The van der Waals surface area contributed by atoms with Gasteiger partial charge in [0.25, 0.3) is 0 Å². The van der Waals surface area contributed by atoms with E-state index in [0.29, 0.717) is 11.5 Å². The Kier molecular flexibility index (Phi) is 2.61. The summed E-state index contributed by atoms with van der Waals surface area (Å²) in [5, 5.41) is 12.6. The van der Waals surface area contributed by atoms with Gasteiger partial charge in [-0.2, -0.15) is 0 Å². The molecule has 2 nitrogen and oxygen atoms in total. The van der Waals surface area contributed by atoms with E-state index in [-0.39, 0.29) is 12.6 Å². The Balaban J connectivity index is 1.90. The van der Waals surface area contributed by atoms with Gasteiger partial charge in [-0.3, -0.25) is 0 Å². The summed E-state index contributed by atoms with van der Waals surface area (Å²) in [5.41, 5.74) is 0.642. The summed E-state index contributed by atoms with van der Waals surface area (Å²) >= 11 is 0. The zero-order valence-corrected chi connectivity index (χ0v) is 8.55. The van der Waals surface area contributed by atoms with E-state index in [1.54, 1.807) is 0 Å². The average Bonchev–Trinajstić information content (AvgIpc) is 2.47. The minimum absolute atomic E-state index is 0.270. The maximum atomic E-state index is 8.99. The van der Waals surface area contributed by atoms with E-state index in [2.05, 4.69) is 12.2 Å². The smallest absolute Gasteiger partial charge is 0.0582 e. The SMILES string of the molecule is CC(CO)NC1CCCC12CCC2. The highest BCUT2D eigenvalue weighted by Crippen LogP contribution is 2.53. The maximum absolute atomic E-state index is 8.99. The van der Waals surface area contributed by atoms with Crippen LogP contribution in [0.4, 0.5) is 0 Å². The van der Waals surface area contributed by atoms with Crippen LogP contribution >= 0.6 is 0 Å². The van der Waals surface area contributed by atoms with Gasteiger partial charge in [0.1, 0.15) is 0 Å². The van der Waals surface area contributed by atoms with Gasteiger partial charge in [-0.05, 0) is 38.0 Å². The Hall–Kier alpha value is -0.0800. The van der Waals surface area contributed by atoms with Crippen molar-refractivity contribution in [3.05, 3.63) is 0 Å². The molecule has 2 saturated carbocycles. The van der Waals surface area contributed by atoms with Gasteiger partial charge in [0.05, 0.1) is 6.61 Å². The van der Waals surface area contributed by atoms with Crippen LogP contribution in [0, 0.1) is 5.41 Å². The van der Waals surface area contributed by atoms with E-state index in [9.17, 15) is 0 Å². The second-order valence-corrected chi connectivity index (χ2v) is 4.91. The minimum atomic E-state index is 0.270. The van der Waals surface area contributed by atoms with Crippen LogP contribution < -0.4 is 5.32 Å². The predicted molar refractivity (Wildman–Crippen MR) is 53.6 cm³/mol. The molecule has 0 aromatic heterocycles. The lowest BCUT2D eigenvalue weighted by Crippen LogP contribution is -2.49. The first-order chi connectivity index (χ1) is 6.27. The van der Waals surface area contributed by atoms with Crippen molar-refractivity contribution in [3.8, 4) is 0 Å². The normalized spacial score (nSPS) is 33.2. The average molecular weight is 183 g/mol. The van der Waals surface area contributed by atoms with E-state index >= 15 is 0 Å². The fourth-order valence-corrected chi connectivity index (χ4v) is 3.02. The molecule has 0 radical (unpaired) electrons. The Morgan fingerprint density at radius 1 is 1.38 bits per heavy atom. The van der Waals surface area contributed by atoms with Crippen LogP contribution in [0.25, 0.3) is 0 Å². The van der Waals surface area contributed by atoms with Crippen molar-refractivity contribution in [2.75, 3.05) is 6.61 Å². The molecule has 0 bridgehead atoms. The van der Waals surface area contributed by atoms with Crippen molar-refractivity contribution in [2.24, 2.45) is 5.41 Å². The third kappa shape index (κ3) is 1.62.